The molecule has 0 aromatic heterocycles. The second kappa shape index (κ2) is 6.85. The summed E-state index contributed by atoms with van der Waals surface area (Å²) in [5.41, 5.74) is -4.70. The Morgan fingerprint density at radius 3 is 0.839 bits per heavy atom. The van der Waals surface area contributed by atoms with Gasteiger partial charge < -0.3 is 0 Å². The Morgan fingerprint density at radius 1 is 0.452 bits per heavy atom. The Balaban J connectivity index is 6.95. The van der Waals surface area contributed by atoms with Crippen LogP contribution >= 0.6 is 0 Å². The van der Waals surface area contributed by atoms with Gasteiger partial charge in [-0.2, -0.15) is 74.6 Å². The smallest absolute Gasteiger partial charge is 0.264 e. The van der Waals surface area contributed by atoms with Crippen LogP contribution in [0.1, 0.15) is 13.8 Å². The summed E-state index contributed by atoms with van der Waals surface area (Å²) in [6.07, 6.45) is -7.84. The Labute approximate surface area is 158 Å². The number of nitrogens with zero attached hydrogens (tertiary/aromatic N) is 1. The molecule has 186 valence electrons. The standard InChI is InChI=1S/C11H6F17NO2/c1-3(2,29(30)31)4(12,13)5(14,15)6(16,17)7(18,19)8(20,21)9(22,23)10(24,25)11(26,27)28/h1-2H3. The summed E-state index contributed by atoms with van der Waals surface area (Å²) >= 11 is 0. The first-order valence-corrected chi connectivity index (χ1v) is 6.80. The average Bonchev–Trinajstić information content (AvgIpc) is 2.52. The van der Waals surface area contributed by atoms with E-state index in [4.69, 9.17) is 0 Å². The highest BCUT2D eigenvalue weighted by atomic mass is 19.4. The fraction of sp³-hybridized carbons (Fsp3) is 1.00. The topological polar surface area (TPSA) is 43.1 Å². The van der Waals surface area contributed by atoms with Crippen LogP contribution in [0.3, 0.4) is 0 Å². The number of hydrogen-bond acceptors (Lipinski definition) is 2. The van der Waals surface area contributed by atoms with E-state index in [0.29, 0.717) is 0 Å². The third-order valence-electron chi connectivity index (χ3n) is 3.95. The van der Waals surface area contributed by atoms with Crippen LogP contribution in [0.5, 0.6) is 0 Å². The predicted octanol–water partition coefficient (Wildman–Crippen LogP) is 6.05. The van der Waals surface area contributed by atoms with Crippen molar-refractivity contribution in [3.8, 4) is 0 Å². The molecule has 0 N–H and O–H groups in total. The van der Waals surface area contributed by atoms with Crippen molar-refractivity contribution in [3.05, 3.63) is 10.1 Å². The van der Waals surface area contributed by atoms with Crippen LogP contribution in [0.2, 0.25) is 0 Å². The van der Waals surface area contributed by atoms with E-state index < -0.39 is 71.9 Å². The molecule has 0 aromatic carbocycles. The average molecular weight is 507 g/mol. The van der Waals surface area contributed by atoms with E-state index >= 15 is 0 Å². The van der Waals surface area contributed by atoms with Crippen LogP contribution in [0.25, 0.3) is 0 Å². The fourth-order valence-electron chi connectivity index (χ4n) is 1.66. The zero-order valence-corrected chi connectivity index (χ0v) is 14.2. The molecule has 0 aliphatic rings. The number of halogens is 17. The van der Waals surface area contributed by atoms with E-state index in [1.807, 2.05) is 0 Å². The van der Waals surface area contributed by atoms with Crippen LogP contribution in [-0.4, -0.2) is 58.1 Å². The monoisotopic (exact) mass is 507 g/mol. The Morgan fingerprint density at radius 2 is 0.645 bits per heavy atom. The minimum absolute atomic E-state index is 0.625. The predicted molar refractivity (Wildman–Crippen MR) is 61.8 cm³/mol. The first-order valence-electron chi connectivity index (χ1n) is 6.80. The van der Waals surface area contributed by atoms with Crippen LogP contribution in [0.15, 0.2) is 0 Å². The molecule has 0 amide bonds. The molecule has 0 bridgehead atoms. The van der Waals surface area contributed by atoms with Crippen molar-refractivity contribution in [1.29, 1.82) is 0 Å². The Hall–Kier alpha value is -1.79. The zero-order chi connectivity index (χ0) is 26.1. The van der Waals surface area contributed by atoms with Crippen molar-refractivity contribution in [3.63, 3.8) is 0 Å². The molecule has 0 saturated heterocycles. The van der Waals surface area contributed by atoms with Crippen LogP contribution in [0.4, 0.5) is 74.6 Å². The van der Waals surface area contributed by atoms with Crippen molar-refractivity contribution >= 4 is 0 Å². The van der Waals surface area contributed by atoms with E-state index in [1.54, 1.807) is 0 Å². The third kappa shape index (κ3) is 3.34. The van der Waals surface area contributed by atoms with Gasteiger partial charge >= 0.3 is 47.6 Å². The Bertz CT molecular complexity index is 707. The van der Waals surface area contributed by atoms with Crippen LogP contribution in [-0.2, 0) is 0 Å². The van der Waals surface area contributed by atoms with E-state index in [-0.39, 0.29) is 0 Å². The highest BCUT2D eigenvalue weighted by Crippen LogP contribution is 2.64. The lowest BCUT2D eigenvalue weighted by Crippen LogP contribution is -2.76. The third-order valence-corrected chi connectivity index (χ3v) is 3.95. The summed E-state index contributed by atoms with van der Waals surface area (Å²) in [6.45, 7) is -1.25. The molecule has 0 saturated carbocycles. The zero-order valence-electron chi connectivity index (χ0n) is 14.2. The maximum atomic E-state index is 13.6. The van der Waals surface area contributed by atoms with Crippen molar-refractivity contribution in [1.82, 2.24) is 0 Å². The van der Waals surface area contributed by atoms with Gasteiger partial charge in [0.05, 0.1) is 0 Å². The molecule has 0 atom stereocenters. The molecule has 31 heavy (non-hydrogen) atoms. The first-order chi connectivity index (χ1) is 12.9. The SMILES string of the molecule is CC(C)([N+](=O)[O-])C(F)(F)C(F)(F)C(F)(F)C(F)(F)C(F)(F)C(F)(F)C(F)(F)C(F)(F)F. The highest BCUT2D eigenvalue weighted by Gasteiger charge is 2.96. The molecule has 0 heterocycles. The maximum absolute atomic E-state index is 13.6. The molecule has 0 unspecified atom stereocenters. The fourth-order valence-corrected chi connectivity index (χ4v) is 1.66. The summed E-state index contributed by atoms with van der Waals surface area (Å²) in [6, 6.07) is 0. The molecule has 0 aromatic rings. The maximum Gasteiger partial charge on any atom is 0.460 e. The number of hydrogen-bond donors (Lipinski definition) is 0. The van der Waals surface area contributed by atoms with Crippen molar-refractivity contribution in [2.45, 2.75) is 67.0 Å². The normalized spacial score (nSPS) is 16.5. The van der Waals surface area contributed by atoms with Crippen LogP contribution < -0.4 is 0 Å². The molecule has 0 aliphatic carbocycles. The molecule has 3 nitrogen and oxygen atoms in total. The summed E-state index contributed by atoms with van der Waals surface area (Å²) in [5, 5.41) is 10.4. The summed E-state index contributed by atoms with van der Waals surface area (Å²) < 4.78 is 221. The minimum atomic E-state index is -8.76. The van der Waals surface area contributed by atoms with Gasteiger partial charge in [-0.1, -0.05) is 0 Å². The molecule has 0 rings (SSSR count). The van der Waals surface area contributed by atoms with Gasteiger partial charge in [0.25, 0.3) is 5.54 Å². The van der Waals surface area contributed by atoms with Gasteiger partial charge in [-0.25, -0.2) is 0 Å². The van der Waals surface area contributed by atoms with E-state index in [0.717, 1.165) is 0 Å². The van der Waals surface area contributed by atoms with Crippen molar-refractivity contribution < 1.29 is 79.6 Å². The molecular formula is C11H6F17NO2. The lowest BCUT2D eigenvalue weighted by Gasteiger charge is -2.43. The molecular weight excluding hydrogens is 501 g/mol. The van der Waals surface area contributed by atoms with Gasteiger partial charge in [-0.05, 0) is 0 Å². The molecule has 0 fully saturated rings. The van der Waals surface area contributed by atoms with Gasteiger partial charge in [-0.3, -0.25) is 10.1 Å². The summed E-state index contributed by atoms with van der Waals surface area (Å²) in [5.74, 6) is -58.1. The van der Waals surface area contributed by atoms with E-state index in [9.17, 15) is 84.8 Å². The van der Waals surface area contributed by atoms with Crippen molar-refractivity contribution in [2.24, 2.45) is 0 Å². The minimum Gasteiger partial charge on any atom is -0.264 e. The van der Waals surface area contributed by atoms with Gasteiger partial charge in [-0.15, -0.1) is 0 Å². The summed E-state index contributed by atoms with van der Waals surface area (Å²) in [7, 11) is 0. The highest BCUT2D eigenvalue weighted by molar-refractivity contribution is 5.16. The lowest BCUT2D eigenvalue weighted by atomic mass is 9.83. The Kier molecular flexibility index (Phi) is 6.46. The number of alkyl halides is 17. The van der Waals surface area contributed by atoms with Gasteiger partial charge in [0, 0.05) is 18.8 Å². The molecule has 0 spiro atoms. The molecule has 0 radical (unpaired) electrons. The van der Waals surface area contributed by atoms with Crippen molar-refractivity contribution in [2.75, 3.05) is 0 Å². The largest absolute Gasteiger partial charge is 0.460 e. The van der Waals surface area contributed by atoms with Crippen LogP contribution in [0, 0.1) is 10.1 Å². The number of rotatable bonds is 8. The van der Waals surface area contributed by atoms with E-state index in [2.05, 4.69) is 0 Å². The molecule has 0 aliphatic heterocycles. The second-order valence-electron chi connectivity index (χ2n) is 6.33. The van der Waals surface area contributed by atoms with E-state index in [1.165, 1.54) is 0 Å². The van der Waals surface area contributed by atoms with Gasteiger partial charge in [0.1, 0.15) is 0 Å². The molecule has 20 heteroatoms. The first kappa shape index (κ1) is 29.2. The van der Waals surface area contributed by atoms with Gasteiger partial charge in [0.15, 0.2) is 0 Å². The second-order valence-corrected chi connectivity index (χ2v) is 6.33. The van der Waals surface area contributed by atoms with Gasteiger partial charge in [0.2, 0.25) is 0 Å². The lowest BCUT2D eigenvalue weighted by molar-refractivity contribution is -0.607. The quantitative estimate of drug-likeness (QED) is 0.228. The number of nitro groups is 1. The summed E-state index contributed by atoms with van der Waals surface area (Å²) in [4.78, 5) is 7.86.